The van der Waals surface area contributed by atoms with Crippen LogP contribution in [0.5, 0.6) is 0 Å². The standard InChI is InChI=1S/C23H21N5O2/c29-22(14-17-15-24-19-10-5-4-9-18(17)19)26-20(13-16-7-2-1-3-8-16)23(30)27-21-11-6-12-25-28-21/h1-12,15,20,24H,13-14H2,(H,26,29)(H,27,28,30)/t20-/m0/s1. The van der Waals surface area contributed by atoms with Crippen molar-refractivity contribution in [1.29, 1.82) is 0 Å². The molecule has 0 bridgehead atoms. The Hall–Kier alpha value is -4.00. The second-order valence-electron chi connectivity index (χ2n) is 6.94. The number of hydrogen-bond acceptors (Lipinski definition) is 4. The van der Waals surface area contributed by atoms with Gasteiger partial charge >= 0.3 is 0 Å². The van der Waals surface area contributed by atoms with Crippen molar-refractivity contribution in [3.63, 3.8) is 0 Å². The van der Waals surface area contributed by atoms with Crippen molar-refractivity contribution in [3.05, 3.63) is 90.3 Å². The number of carbonyl (C=O) groups is 2. The number of amides is 2. The van der Waals surface area contributed by atoms with E-state index in [4.69, 9.17) is 0 Å². The summed E-state index contributed by atoms with van der Waals surface area (Å²) in [6.45, 7) is 0. The number of rotatable bonds is 7. The lowest BCUT2D eigenvalue weighted by Gasteiger charge is -2.18. The first-order chi connectivity index (χ1) is 14.7. The van der Waals surface area contributed by atoms with Crippen LogP contribution in [0, 0.1) is 0 Å². The van der Waals surface area contributed by atoms with Crippen LogP contribution in [0.2, 0.25) is 0 Å². The number of fused-ring (bicyclic) bond motifs is 1. The van der Waals surface area contributed by atoms with Gasteiger partial charge in [-0.05, 0) is 29.3 Å². The lowest BCUT2D eigenvalue weighted by molar-refractivity contribution is -0.126. The maximum atomic E-state index is 12.9. The summed E-state index contributed by atoms with van der Waals surface area (Å²) in [7, 11) is 0. The Bertz CT molecular complexity index is 1140. The molecule has 30 heavy (non-hydrogen) atoms. The van der Waals surface area contributed by atoms with Crippen LogP contribution < -0.4 is 10.6 Å². The van der Waals surface area contributed by atoms with Crippen molar-refractivity contribution in [3.8, 4) is 0 Å². The Morgan fingerprint density at radius 3 is 2.57 bits per heavy atom. The Balaban J connectivity index is 1.49. The lowest BCUT2D eigenvalue weighted by Crippen LogP contribution is -2.45. The van der Waals surface area contributed by atoms with Crippen molar-refractivity contribution >= 4 is 28.5 Å². The molecule has 7 nitrogen and oxygen atoms in total. The predicted molar refractivity (Wildman–Crippen MR) is 115 cm³/mol. The van der Waals surface area contributed by atoms with Crippen LogP contribution >= 0.6 is 0 Å². The minimum atomic E-state index is -0.743. The van der Waals surface area contributed by atoms with E-state index in [9.17, 15) is 9.59 Å². The fourth-order valence-corrected chi connectivity index (χ4v) is 3.34. The number of nitrogens with zero attached hydrogens (tertiary/aromatic N) is 2. The number of para-hydroxylation sites is 1. The van der Waals surface area contributed by atoms with E-state index in [1.54, 1.807) is 12.1 Å². The molecule has 4 rings (SSSR count). The number of anilines is 1. The van der Waals surface area contributed by atoms with E-state index >= 15 is 0 Å². The minimum Gasteiger partial charge on any atom is -0.361 e. The number of carbonyl (C=O) groups excluding carboxylic acids is 2. The summed E-state index contributed by atoms with van der Waals surface area (Å²) in [6, 6.07) is 20.0. The van der Waals surface area contributed by atoms with Gasteiger partial charge in [-0.15, -0.1) is 5.10 Å². The van der Waals surface area contributed by atoms with Gasteiger partial charge in [0.1, 0.15) is 6.04 Å². The Kier molecular flexibility index (Phi) is 5.80. The molecule has 0 spiro atoms. The van der Waals surface area contributed by atoms with Crippen molar-refractivity contribution in [1.82, 2.24) is 20.5 Å². The van der Waals surface area contributed by atoms with Crippen molar-refractivity contribution < 1.29 is 9.59 Å². The first-order valence-electron chi connectivity index (χ1n) is 9.66. The fourth-order valence-electron chi connectivity index (χ4n) is 3.34. The molecule has 0 saturated carbocycles. The van der Waals surface area contributed by atoms with Gasteiger partial charge in [-0.2, -0.15) is 5.10 Å². The molecule has 150 valence electrons. The van der Waals surface area contributed by atoms with Gasteiger partial charge < -0.3 is 15.6 Å². The topological polar surface area (TPSA) is 99.8 Å². The number of aromatic amines is 1. The van der Waals surface area contributed by atoms with E-state index in [2.05, 4.69) is 25.8 Å². The molecule has 0 aliphatic carbocycles. The van der Waals surface area contributed by atoms with Gasteiger partial charge in [-0.1, -0.05) is 48.5 Å². The maximum Gasteiger partial charge on any atom is 0.248 e. The summed E-state index contributed by atoms with van der Waals surface area (Å²) in [5, 5.41) is 14.2. The molecule has 0 aliphatic rings. The average molecular weight is 399 g/mol. The molecule has 0 saturated heterocycles. The van der Waals surface area contributed by atoms with E-state index in [0.29, 0.717) is 12.2 Å². The maximum absolute atomic E-state index is 12.9. The van der Waals surface area contributed by atoms with E-state index < -0.39 is 6.04 Å². The van der Waals surface area contributed by atoms with Crippen LogP contribution in [0.25, 0.3) is 10.9 Å². The van der Waals surface area contributed by atoms with Gasteiger partial charge in [0.2, 0.25) is 11.8 Å². The highest BCUT2D eigenvalue weighted by Gasteiger charge is 2.22. The molecule has 0 unspecified atom stereocenters. The van der Waals surface area contributed by atoms with Crippen LogP contribution in [0.4, 0.5) is 5.82 Å². The molecule has 4 aromatic rings. The molecule has 0 fully saturated rings. The Labute approximate surface area is 173 Å². The van der Waals surface area contributed by atoms with Gasteiger partial charge in [0.25, 0.3) is 0 Å². The van der Waals surface area contributed by atoms with E-state index in [1.807, 2.05) is 60.8 Å². The molecule has 0 aliphatic heterocycles. The fraction of sp³-hybridized carbons (Fsp3) is 0.130. The minimum absolute atomic E-state index is 0.174. The quantitative estimate of drug-likeness (QED) is 0.445. The highest BCUT2D eigenvalue weighted by Crippen LogP contribution is 2.18. The molecule has 2 amide bonds. The predicted octanol–water partition coefficient (Wildman–Crippen LogP) is 2.87. The molecule has 2 aromatic heterocycles. The summed E-state index contributed by atoms with van der Waals surface area (Å²) in [5.41, 5.74) is 2.81. The van der Waals surface area contributed by atoms with Crippen LogP contribution in [0.15, 0.2) is 79.1 Å². The van der Waals surface area contributed by atoms with Crippen LogP contribution in [-0.4, -0.2) is 33.0 Å². The van der Waals surface area contributed by atoms with E-state index in [1.165, 1.54) is 6.20 Å². The van der Waals surface area contributed by atoms with Crippen LogP contribution in [0.1, 0.15) is 11.1 Å². The number of aromatic nitrogens is 3. The summed E-state index contributed by atoms with van der Waals surface area (Å²) in [6.07, 6.45) is 3.90. The highest BCUT2D eigenvalue weighted by molar-refractivity contribution is 5.97. The van der Waals surface area contributed by atoms with Gasteiger partial charge in [-0.3, -0.25) is 9.59 Å². The smallest absolute Gasteiger partial charge is 0.248 e. The molecule has 2 aromatic carbocycles. The van der Waals surface area contributed by atoms with Gasteiger partial charge in [0, 0.05) is 29.7 Å². The summed E-state index contributed by atoms with van der Waals surface area (Å²) < 4.78 is 0. The lowest BCUT2D eigenvalue weighted by atomic mass is 10.0. The molecular formula is C23H21N5O2. The third kappa shape index (κ3) is 4.70. The van der Waals surface area contributed by atoms with Crippen molar-refractivity contribution in [2.45, 2.75) is 18.9 Å². The first-order valence-corrected chi connectivity index (χ1v) is 9.66. The monoisotopic (exact) mass is 399 g/mol. The molecule has 7 heteroatoms. The number of hydrogen-bond donors (Lipinski definition) is 3. The molecule has 3 N–H and O–H groups in total. The highest BCUT2D eigenvalue weighted by atomic mass is 16.2. The van der Waals surface area contributed by atoms with E-state index in [-0.39, 0.29) is 18.2 Å². The zero-order valence-electron chi connectivity index (χ0n) is 16.2. The number of nitrogens with one attached hydrogen (secondary N) is 3. The number of H-pyrrole nitrogens is 1. The third-order valence-corrected chi connectivity index (χ3v) is 4.78. The average Bonchev–Trinajstić information content (AvgIpc) is 3.17. The SMILES string of the molecule is O=C(Cc1c[nH]c2ccccc12)N[C@@H](Cc1ccccc1)C(=O)Nc1cccnn1. The van der Waals surface area contributed by atoms with Gasteiger partial charge in [0.05, 0.1) is 6.42 Å². The molecule has 0 radical (unpaired) electrons. The van der Waals surface area contributed by atoms with Crippen LogP contribution in [0.3, 0.4) is 0 Å². The van der Waals surface area contributed by atoms with Crippen molar-refractivity contribution in [2.75, 3.05) is 5.32 Å². The Morgan fingerprint density at radius 1 is 0.967 bits per heavy atom. The van der Waals surface area contributed by atoms with E-state index in [0.717, 1.165) is 22.0 Å². The zero-order valence-corrected chi connectivity index (χ0v) is 16.2. The Morgan fingerprint density at radius 2 is 1.77 bits per heavy atom. The normalized spacial score (nSPS) is 11.7. The third-order valence-electron chi connectivity index (χ3n) is 4.78. The summed E-state index contributed by atoms with van der Waals surface area (Å²) in [4.78, 5) is 28.8. The van der Waals surface area contributed by atoms with Crippen LogP contribution in [-0.2, 0) is 22.4 Å². The van der Waals surface area contributed by atoms with Crippen molar-refractivity contribution in [2.24, 2.45) is 0 Å². The summed E-state index contributed by atoms with van der Waals surface area (Å²) >= 11 is 0. The largest absolute Gasteiger partial charge is 0.361 e. The summed E-state index contributed by atoms with van der Waals surface area (Å²) in [5.74, 6) is -0.229. The second kappa shape index (κ2) is 9.00. The number of benzene rings is 2. The van der Waals surface area contributed by atoms with Gasteiger partial charge in [-0.25, -0.2) is 0 Å². The second-order valence-corrected chi connectivity index (χ2v) is 6.94. The molecule has 2 heterocycles. The van der Waals surface area contributed by atoms with Gasteiger partial charge in [0.15, 0.2) is 5.82 Å². The zero-order chi connectivity index (χ0) is 20.8. The first kappa shape index (κ1) is 19.3. The molecule has 1 atom stereocenters. The molecular weight excluding hydrogens is 378 g/mol.